The minimum atomic E-state index is 0.0340. The van der Waals surface area contributed by atoms with Crippen molar-refractivity contribution < 1.29 is 24.2 Å². The molecule has 0 spiro atoms. The van der Waals surface area contributed by atoms with Crippen LogP contribution in [0, 0.1) is 30.4 Å². The van der Waals surface area contributed by atoms with Gasteiger partial charge in [0.05, 0.1) is 0 Å². The van der Waals surface area contributed by atoms with Crippen LogP contribution in [-0.4, -0.2) is 3.71 Å². The van der Waals surface area contributed by atoms with E-state index >= 15 is 0 Å². The van der Waals surface area contributed by atoms with E-state index < -0.39 is 0 Å². The Balaban J connectivity index is 0.000000165. The molecule has 0 N–H and O–H groups in total. The Morgan fingerprint density at radius 3 is 1.96 bits per heavy atom. The predicted octanol–water partition coefficient (Wildman–Crippen LogP) is 12.3. The predicted molar refractivity (Wildman–Crippen MR) is 201 cm³/mol. The molecule has 0 aromatic heterocycles. The summed E-state index contributed by atoms with van der Waals surface area (Å²) in [6.07, 6.45) is 15.4. The van der Waals surface area contributed by atoms with Gasteiger partial charge in [0.15, 0.2) is 0 Å². The first-order valence-electron chi connectivity index (χ1n) is 17.6. The zero-order chi connectivity index (χ0) is 34.5. The summed E-state index contributed by atoms with van der Waals surface area (Å²) in [5, 5.41) is 0. The van der Waals surface area contributed by atoms with E-state index in [-0.39, 0.29) is 10.8 Å². The van der Waals surface area contributed by atoms with Gasteiger partial charge < -0.3 is 0 Å². The summed E-state index contributed by atoms with van der Waals surface area (Å²) in [4.78, 5) is 0. The maximum atomic E-state index is 3.65. The van der Waals surface area contributed by atoms with Crippen LogP contribution in [0.1, 0.15) is 134 Å². The minimum absolute atomic E-state index is 0.0340. The van der Waals surface area contributed by atoms with Gasteiger partial charge in [0.1, 0.15) is 0 Å². The van der Waals surface area contributed by atoms with Gasteiger partial charge in [0.25, 0.3) is 0 Å². The number of rotatable bonds is 3. The first kappa shape index (κ1) is 35.7. The molecular weight excluding hydrogens is 644 g/mol. The van der Waals surface area contributed by atoms with Gasteiger partial charge in [-0.15, -0.1) is 11.6 Å². The molecule has 0 heterocycles. The van der Waals surface area contributed by atoms with Crippen LogP contribution in [-0.2, 0) is 41.5 Å². The quantitative estimate of drug-likeness (QED) is 0.187. The molecule has 0 nitrogen and oxygen atoms in total. The Morgan fingerprint density at radius 1 is 0.830 bits per heavy atom. The molecule has 1 heteroatoms. The summed E-state index contributed by atoms with van der Waals surface area (Å²) in [6, 6.07) is 18.4. The summed E-state index contributed by atoms with van der Waals surface area (Å²) in [7, 11) is 0. The van der Waals surface area contributed by atoms with Gasteiger partial charge in [-0.2, -0.15) is 17.2 Å². The first-order chi connectivity index (χ1) is 22.0. The van der Waals surface area contributed by atoms with Gasteiger partial charge in [-0.25, -0.2) is 11.1 Å². The van der Waals surface area contributed by atoms with E-state index in [2.05, 4.69) is 160 Å². The van der Waals surface area contributed by atoms with Gasteiger partial charge in [-0.3, -0.25) is 12.2 Å². The summed E-state index contributed by atoms with van der Waals surface area (Å²) < 4.78 is 2.19. The summed E-state index contributed by atoms with van der Waals surface area (Å²) in [5.74, 6) is 0.573. The average Bonchev–Trinajstić information content (AvgIpc) is 3.72. The van der Waals surface area contributed by atoms with Crippen molar-refractivity contribution in [1.29, 1.82) is 0 Å². The van der Waals surface area contributed by atoms with Crippen molar-refractivity contribution in [1.82, 2.24) is 0 Å². The molecule has 0 saturated heterocycles. The molecule has 0 aliphatic heterocycles. The fourth-order valence-electron chi connectivity index (χ4n) is 7.80. The molecule has 7 rings (SSSR count). The molecule has 4 aliphatic carbocycles. The van der Waals surface area contributed by atoms with Gasteiger partial charge in [0.2, 0.25) is 0 Å². The molecule has 1 unspecified atom stereocenters. The van der Waals surface area contributed by atoms with Gasteiger partial charge in [0, 0.05) is 5.41 Å². The van der Waals surface area contributed by atoms with Crippen molar-refractivity contribution in [3.63, 3.8) is 0 Å². The van der Waals surface area contributed by atoms with Crippen LogP contribution >= 0.6 is 0 Å². The van der Waals surface area contributed by atoms with Crippen LogP contribution in [0.5, 0.6) is 0 Å². The molecule has 0 radical (unpaired) electrons. The fourth-order valence-corrected chi connectivity index (χ4v) is 8.27. The van der Waals surface area contributed by atoms with Crippen molar-refractivity contribution in [3.05, 3.63) is 128 Å². The zero-order valence-electron chi connectivity index (χ0n) is 31.0. The second kappa shape index (κ2) is 13.4. The zero-order valence-corrected chi connectivity index (χ0v) is 33.5. The van der Waals surface area contributed by atoms with Crippen LogP contribution in [0.25, 0.3) is 22.3 Å². The maximum absolute atomic E-state index is 3.65. The van der Waals surface area contributed by atoms with Gasteiger partial charge >= 0.3 is 70.3 Å². The molecule has 3 aromatic rings. The Hall–Kier alpha value is -2.63. The van der Waals surface area contributed by atoms with Crippen LogP contribution < -0.4 is 0 Å². The second-order valence-corrected chi connectivity index (χ2v) is 16.8. The van der Waals surface area contributed by atoms with E-state index in [0.717, 1.165) is 12.8 Å². The van der Waals surface area contributed by atoms with E-state index in [1.165, 1.54) is 109 Å². The molecule has 242 valence electrons. The Morgan fingerprint density at radius 2 is 1.43 bits per heavy atom. The third-order valence-electron chi connectivity index (χ3n) is 10.3. The fraction of sp³-hybridized carbons (Fsp3) is 0.413. The van der Waals surface area contributed by atoms with Crippen LogP contribution in [0.15, 0.2) is 71.8 Å². The summed E-state index contributed by atoms with van der Waals surface area (Å²) in [6.45, 7) is 27.1. The van der Waals surface area contributed by atoms with Crippen molar-refractivity contribution in [2.24, 2.45) is 11.3 Å². The standard InChI is InChI=1S/C25H25.C13H21.C8H8.Zr/c1-14-12-24(3,4)22-8-16-7-17-9-23-19(15(2)13-25(23,5)6)11-21(17)20(16)10-18(14)22;1-6-10-8-11(7-2)12(9-10)13(3,4)5;1-7-3-5-8(2)6-4-7;/h8-12H,7H2,1-6H3;9-10H,6-7H2,1-5H3;1,3-6H,2H3;/q2*-1;;+2. The first-order valence-corrected chi connectivity index (χ1v) is 19.0. The van der Waals surface area contributed by atoms with E-state index in [9.17, 15) is 0 Å². The van der Waals surface area contributed by atoms with E-state index in [1.54, 1.807) is 0 Å². The number of benzene rings is 3. The third kappa shape index (κ3) is 7.22. The third-order valence-corrected chi connectivity index (χ3v) is 11.1. The number of hydrogen-bond donors (Lipinski definition) is 0. The molecule has 4 aliphatic rings. The summed E-state index contributed by atoms with van der Waals surface area (Å²) in [5.41, 5.74) is 20.5. The number of aryl methyl sites for hydroxylation is 1. The molecule has 0 fully saturated rings. The van der Waals surface area contributed by atoms with E-state index in [0.29, 0.717) is 11.3 Å². The van der Waals surface area contributed by atoms with Crippen molar-refractivity contribution in [3.8, 4) is 11.1 Å². The Kier molecular flexibility index (Phi) is 10.1. The normalized spacial score (nSPS) is 19.1. The molecule has 0 saturated carbocycles. The Labute approximate surface area is 301 Å². The molecule has 0 bridgehead atoms. The van der Waals surface area contributed by atoms with Crippen molar-refractivity contribution in [2.45, 2.75) is 113 Å². The van der Waals surface area contributed by atoms with Crippen molar-refractivity contribution in [2.75, 3.05) is 0 Å². The number of allylic oxidation sites excluding steroid dienone is 8. The number of hydrogen-bond acceptors (Lipinski definition) is 0. The van der Waals surface area contributed by atoms with E-state index in [4.69, 9.17) is 0 Å². The monoisotopic (exact) mass is 696 g/mol. The topological polar surface area (TPSA) is 0 Å². The molecule has 0 amide bonds. The second-order valence-electron chi connectivity index (χ2n) is 16.1. The van der Waals surface area contributed by atoms with Crippen LogP contribution in [0.2, 0.25) is 0 Å². The van der Waals surface area contributed by atoms with Crippen molar-refractivity contribution >= 4 is 14.9 Å². The van der Waals surface area contributed by atoms with Gasteiger partial charge in [-0.05, 0) is 58.4 Å². The molecular formula is C46H54Zr. The molecule has 47 heavy (non-hydrogen) atoms. The SMILES string of the molecule is CC1=[C-]C(C)(C)c2cc3c(cc21)-c1cc2c(cc1C3)C(C)(C)C=C2C.CCC1=[C-]C(CC)C=C1C(C)(C)C.Cc1ccc([CH]=[Zr+2])cc1. The van der Waals surface area contributed by atoms with Crippen LogP contribution in [0.3, 0.4) is 0 Å². The summed E-state index contributed by atoms with van der Waals surface area (Å²) >= 11 is 1.47. The van der Waals surface area contributed by atoms with Crippen LogP contribution in [0.4, 0.5) is 0 Å². The van der Waals surface area contributed by atoms with E-state index in [1.807, 2.05) is 0 Å². The molecule has 1 atom stereocenters. The molecule has 3 aromatic carbocycles. The number of fused-ring (bicyclic) bond motifs is 5. The van der Waals surface area contributed by atoms with Gasteiger partial charge in [-0.1, -0.05) is 117 Å². The Bertz CT molecular complexity index is 1740. The average molecular weight is 698 g/mol.